The third-order valence-electron chi connectivity index (χ3n) is 4.87. The Morgan fingerprint density at radius 3 is 2.69 bits per heavy atom. The third kappa shape index (κ3) is 4.71. The topological polar surface area (TPSA) is 79.2 Å². The molecule has 1 aromatic heterocycles. The van der Waals surface area contributed by atoms with Crippen molar-refractivity contribution in [2.75, 3.05) is 6.54 Å². The van der Waals surface area contributed by atoms with E-state index in [2.05, 4.69) is 15.6 Å². The molecular weight excluding hydrogens is 391 g/mol. The number of rotatable bonds is 7. The Balaban J connectivity index is 1.58. The van der Waals surface area contributed by atoms with Gasteiger partial charge in [-0.3, -0.25) is 0 Å². The van der Waals surface area contributed by atoms with E-state index in [1.807, 2.05) is 4.57 Å². The summed E-state index contributed by atoms with van der Waals surface area (Å²) in [6.45, 7) is 1.13. The van der Waals surface area contributed by atoms with Crippen molar-refractivity contribution in [3.8, 4) is 0 Å². The van der Waals surface area contributed by atoms with Crippen LogP contribution in [0, 0.1) is 5.82 Å². The lowest BCUT2D eigenvalue weighted by Crippen LogP contribution is -2.37. The molecule has 0 amide bonds. The van der Waals surface area contributed by atoms with Crippen molar-refractivity contribution in [3.05, 3.63) is 65.2 Å². The normalized spacial score (nSPS) is 13.4. The van der Waals surface area contributed by atoms with Gasteiger partial charge in [0.15, 0.2) is 5.11 Å². The minimum atomic E-state index is -0.986. The highest BCUT2D eigenvalue weighted by Crippen LogP contribution is 2.21. The summed E-state index contributed by atoms with van der Waals surface area (Å²) < 4.78 is 15.3. The van der Waals surface area contributed by atoms with Crippen LogP contribution in [0.4, 0.5) is 4.39 Å². The number of carboxylic acids is 1. The summed E-state index contributed by atoms with van der Waals surface area (Å²) in [5.74, 6) is -0.454. The van der Waals surface area contributed by atoms with Crippen molar-refractivity contribution in [2.24, 2.45) is 0 Å². The third-order valence-corrected chi connectivity index (χ3v) is 5.14. The number of hydrogen-bond donors (Lipinski definition) is 3. The number of carboxylic acid groups (broad SMARTS) is 1. The van der Waals surface area contributed by atoms with Crippen LogP contribution in [0.2, 0.25) is 0 Å². The zero-order chi connectivity index (χ0) is 20.4. The van der Waals surface area contributed by atoms with E-state index in [-0.39, 0.29) is 11.4 Å². The lowest BCUT2D eigenvalue weighted by molar-refractivity contribution is 0.0697. The van der Waals surface area contributed by atoms with Gasteiger partial charge in [-0.2, -0.15) is 0 Å². The Labute approximate surface area is 172 Å². The summed E-state index contributed by atoms with van der Waals surface area (Å²) in [6, 6.07) is 11.8. The maximum absolute atomic E-state index is 13.3. The second-order valence-corrected chi connectivity index (χ2v) is 7.58. The van der Waals surface area contributed by atoms with Gasteiger partial charge in [0.25, 0.3) is 0 Å². The van der Waals surface area contributed by atoms with Crippen molar-refractivity contribution < 1.29 is 14.3 Å². The Bertz CT molecular complexity index is 1060. The number of halogens is 1. The molecule has 6 nitrogen and oxygen atoms in total. The molecule has 1 aliphatic rings. The largest absolute Gasteiger partial charge is 0.478 e. The highest BCUT2D eigenvalue weighted by Gasteiger charge is 2.21. The summed E-state index contributed by atoms with van der Waals surface area (Å²) in [7, 11) is 0. The first-order valence-electron chi connectivity index (χ1n) is 9.51. The van der Waals surface area contributed by atoms with Crippen LogP contribution in [0.3, 0.4) is 0 Å². The number of hydrogen-bond acceptors (Lipinski definition) is 3. The molecule has 0 saturated heterocycles. The maximum atomic E-state index is 13.3. The smallest absolute Gasteiger partial charge is 0.335 e. The van der Waals surface area contributed by atoms with Crippen molar-refractivity contribution >= 4 is 34.3 Å². The number of thiocarbonyl (C=S) groups is 1. The quantitative estimate of drug-likeness (QED) is 0.518. The van der Waals surface area contributed by atoms with Gasteiger partial charge in [0.1, 0.15) is 11.6 Å². The predicted molar refractivity (Wildman–Crippen MR) is 113 cm³/mol. The SMILES string of the molecule is O=C(O)c1ccc2c(c1)nc(CCNC(=S)NC1CC1)n2Cc1ccc(F)cc1. The molecule has 4 rings (SSSR count). The molecule has 3 N–H and O–H groups in total. The molecule has 1 aliphatic carbocycles. The van der Waals surface area contributed by atoms with E-state index < -0.39 is 5.97 Å². The van der Waals surface area contributed by atoms with Gasteiger partial charge in [-0.15, -0.1) is 0 Å². The molecule has 2 aromatic carbocycles. The summed E-state index contributed by atoms with van der Waals surface area (Å²) in [5.41, 5.74) is 2.60. The van der Waals surface area contributed by atoms with Gasteiger partial charge in [-0.05, 0) is 61.0 Å². The fraction of sp³-hybridized carbons (Fsp3) is 0.286. The van der Waals surface area contributed by atoms with Crippen LogP contribution in [0.25, 0.3) is 11.0 Å². The molecule has 1 fully saturated rings. The number of aromatic nitrogens is 2. The molecular formula is C21H21FN4O2S. The number of imidazole rings is 1. The van der Waals surface area contributed by atoms with E-state index in [4.69, 9.17) is 12.2 Å². The molecule has 0 spiro atoms. The second-order valence-electron chi connectivity index (χ2n) is 7.17. The Kier molecular flexibility index (Phi) is 5.44. The Morgan fingerprint density at radius 1 is 1.24 bits per heavy atom. The summed E-state index contributed by atoms with van der Waals surface area (Å²) in [5, 5.41) is 16.3. The van der Waals surface area contributed by atoms with Crippen LogP contribution in [0.1, 0.15) is 34.6 Å². The van der Waals surface area contributed by atoms with Gasteiger partial charge in [0.05, 0.1) is 16.6 Å². The lowest BCUT2D eigenvalue weighted by Gasteiger charge is -2.12. The van der Waals surface area contributed by atoms with Crippen LogP contribution in [-0.4, -0.2) is 38.3 Å². The van der Waals surface area contributed by atoms with Crippen molar-refractivity contribution in [1.29, 1.82) is 0 Å². The standard InChI is InChI=1S/C21H21FN4O2S/c22-15-4-1-13(2-5-15)12-26-18-8-3-14(20(27)28)11-17(18)25-19(26)9-10-23-21(29)24-16-6-7-16/h1-5,8,11,16H,6-7,9-10,12H2,(H,27,28)(H2,23,24,29). The first-order valence-corrected chi connectivity index (χ1v) is 9.91. The molecule has 0 bridgehead atoms. The second kappa shape index (κ2) is 8.16. The number of aromatic carboxylic acids is 1. The van der Waals surface area contributed by atoms with Gasteiger partial charge in [0.2, 0.25) is 0 Å². The molecule has 3 aromatic rings. The molecule has 29 heavy (non-hydrogen) atoms. The van der Waals surface area contributed by atoms with Gasteiger partial charge in [-0.25, -0.2) is 14.2 Å². The average molecular weight is 412 g/mol. The summed E-state index contributed by atoms with van der Waals surface area (Å²) in [4.78, 5) is 16.0. The molecule has 150 valence electrons. The van der Waals surface area contributed by atoms with Crippen molar-refractivity contribution in [3.63, 3.8) is 0 Å². The molecule has 0 radical (unpaired) electrons. The first kappa shape index (κ1) is 19.3. The number of nitrogens with zero attached hydrogens (tertiary/aromatic N) is 2. The number of nitrogens with one attached hydrogen (secondary N) is 2. The molecule has 1 saturated carbocycles. The zero-order valence-corrected chi connectivity index (χ0v) is 16.5. The lowest BCUT2D eigenvalue weighted by atomic mass is 10.2. The van der Waals surface area contributed by atoms with Crippen LogP contribution >= 0.6 is 12.2 Å². The summed E-state index contributed by atoms with van der Waals surface area (Å²) >= 11 is 5.30. The van der Waals surface area contributed by atoms with E-state index in [9.17, 15) is 14.3 Å². The number of benzene rings is 2. The van der Waals surface area contributed by atoms with Gasteiger partial charge in [0, 0.05) is 25.6 Å². The van der Waals surface area contributed by atoms with Gasteiger partial charge < -0.3 is 20.3 Å². The molecule has 1 heterocycles. The van der Waals surface area contributed by atoms with Crippen LogP contribution < -0.4 is 10.6 Å². The van der Waals surface area contributed by atoms with E-state index in [1.54, 1.807) is 30.3 Å². The minimum absolute atomic E-state index is 0.198. The minimum Gasteiger partial charge on any atom is -0.478 e. The molecule has 0 aliphatic heterocycles. The summed E-state index contributed by atoms with van der Waals surface area (Å²) in [6.07, 6.45) is 2.92. The van der Waals surface area contributed by atoms with Crippen molar-refractivity contribution in [2.45, 2.75) is 31.8 Å². The number of carbonyl (C=O) groups is 1. The average Bonchev–Trinajstić information content (AvgIpc) is 3.44. The monoisotopic (exact) mass is 412 g/mol. The molecule has 0 atom stereocenters. The fourth-order valence-electron chi connectivity index (χ4n) is 3.20. The van der Waals surface area contributed by atoms with Crippen LogP contribution in [-0.2, 0) is 13.0 Å². The zero-order valence-electron chi connectivity index (χ0n) is 15.7. The van der Waals surface area contributed by atoms with E-state index >= 15 is 0 Å². The Morgan fingerprint density at radius 2 is 2.00 bits per heavy atom. The van der Waals surface area contributed by atoms with Crippen LogP contribution in [0.5, 0.6) is 0 Å². The molecule has 8 heteroatoms. The van der Waals surface area contributed by atoms with Crippen molar-refractivity contribution in [1.82, 2.24) is 20.2 Å². The first-order chi connectivity index (χ1) is 14.0. The van der Waals surface area contributed by atoms with Gasteiger partial charge in [-0.1, -0.05) is 12.1 Å². The van der Waals surface area contributed by atoms with E-state index in [0.717, 1.165) is 29.7 Å². The van der Waals surface area contributed by atoms with E-state index in [0.29, 0.717) is 36.2 Å². The van der Waals surface area contributed by atoms with Gasteiger partial charge >= 0.3 is 5.97 Å². The van der Waals surface area contributed by atoms with E-state index in [1.165, 1.54) is 12.1 Å². The maximum Gasteiger partial charge on any atom is 0.335 e. The number of fused-ring (bicyclic) bond motifs is 1. The fourth-order valence-corrected chi connectivity index (χ4v) is 3.47. The highest BCUT2D eigenvalue weighted by molar-refractivity contribution is 7.80. The Hall–Kier alpha value is -3.00. The molecule has 0 unspecified atom stereocenters. The van der Waals surface area contributed by atoms with Crippen LogP contribution in [0.15, 0.2) is 42.5 Å². The highest BCUT2D eigenvalue weighted by atomic mass is 32.1. The predicted octanol–water partition coefficient (Wildman–Crippen LogP) is 3.09.